The molecule has 0 saturated heterocycles. The van der Waals surface area contributed by atoms with Crippen molar-refractivity contribution < 1.29 is 30.0 Å². The van der Waals surface area contributed by atoms with Gasteiger partial charge in [0.2, 0.25) is 0 Å². The molecule has 0 aliphatic heterocycles. The van der Waals surface area contributed by atoms with Crippen molar-refractivity contribution in [1.29, 1.82) is 0 Å². The molecule has 6 heteroatoms. The molecule has 3 aromatic carbocycles. The van der Waals surface area contributed by atoms with Crippen molar-refractivity contribution in [2.24, 2.45) is 11.8 Å². The molecule has 3 heterocycles. The topological polar surface area (TPSA) is 63.1 Å². The number of pyridine rings is 2. The molecule has 253 valence electrons. The first-order valence-electron chi connectivity index (χ1n) is 17.3. The fourth-order valence-electron chi connectivity index (χ4n) is 6.87. The van der Waals surface area contributed by atoms with Crippen LogP contribution in [0, 0.1) is 17.9 Å². The van der Waals surface area contributed by atoms with Crippen LogP contribution in [0.3, 0.4) is 0 Å². The van der Waals surface area contributed by atoms with Gasteiger partial charge >= 0.3 is 0 Å². The Bertz CT molecular complexity index is 2080. The number of carbonyl (C=O) groups excluding carboxylic acids is 1. The van der Waals surface area contributed by atoms with E-state index in [9.17, 15) is 9.90 Å². The second kappa shape index (κ2) is 16.6. The standard InChI is InChI=1S/C30H19N2S.C13H24O2.Ir/c1-2-6-19(7-3-1)25-17-22(16-21-8-4-5-9-23(21)25)29-28-24-11-10-20-12-14-31-18-26(20)30(24)33-27(28)13-15-32-29;1-5-10(6-2)12(14)9-13(15)11(7-3)8-4;/h1-9,12-15,17-18H,10-11H2;9-11,14H,5-8H2,1-4H3;/q-1;;/b;12-9-;. The van der Waals surface area contributed by atoms with Crippen LogP contribution in [0.4, 0.5) is 0 Å². The van der Waals surface area contributed by atoms with Crippen molar-refractivity contribution in [2.75, 3.05) is 0 Å². The molecule has 1 aliphatic rings. The summed E-state index contributed by atoms with van der Waals surface area (Å²) in [6.45, 7) is 8.07. The molecule has 0 fully saturated rings. The van der Waals surface area contributed by atoms with E-state index in [0.29, 0.717) is 0 Å². The number of rotatable bonds is 9. The molecular formula is C43H43IrN2O2S-. The summed E-state index contributed by atoms with van der Waals surface area (Å²) >= 11 is 1.86. The van der Waals surface area contributed by atoms with Gasteiger partial charge in [0.25, 0.3) is 0 Å². The van der Waals surface area contributed by atoms with Crippen molar-refractivity contribution in [3.8, 4) is 32.8 Å². The van der Waals surface area contributed by atoms with Crippen LogP contribution in [-0.4, -0.2) is 20.9 Å². The van der Waals surface area contributed by atoms with Crippen LogP contribution in [-0.2, 0) is 37.7 Å². The van der Waals surface area contributed by atoms with Crippen LogP contribution < -0.4 is 0 Å². The van der Waals surface area contributed by atoms with Gasteiger partial charge in [-0.05, 0) is 72.7 Å². The smallest absolute Gasteiger partial charge is 0.162 e. The van der Waals surface area contributed by atoms with Gasteiger partial charge in [0.15, 0.2) is 5.78 Å². The van der Waals surface area contributed by atoms with E-state index in [2.05, 4.69) is 83.8 Å². The van der Waals surface area contributed by atoms with E-state index in [1.807, 2.05) is 57.6 Å². The van der Waals surface area contributed by atoms with Gasteiger partial charge in [-0.3, -0.25) is 14.8 Å². The first-order valence-corrected chi connectivity index (χ1v) is 18.1. The molecule has 0 saturated carbocycles. The first kappa shape index (κ1) is 36.3. The Balaban J connectivity index is 0.000000252. The van der Waals surface area contributed by atoms with Gasteiger partial charge in [-0.25, -0.2) is 0 Å². The first-order chi connectivity index (χ1) is 23.5. The SMILES string of the molecule is CCC(CC)C(=O)/C=C(\O)C(CC)CC.[Ir].[c-]1c(-c2nccc3sc4c(c23)CCc2ccncc2-4)cc(-c2ccccc2)c2ccccc12. The van der Waals surface area contributed by atoms with E-state index in [4.69, 9.17) is 4.98 Å². The van der Waals surface area contributed by atoms with Crippen molar-refractivity contribution >= 4 is 38.0 Å². The van der Waals surface area contributed by atoms with Crippen LogP contribution in [0.2, 0.25) is 0 Å². The molecule has 0 amide bonds. The third-order valence-corrected chi connectivity index (χ3v) is 10.9. The van der Waals surface area contributed by atoms with Crippen LogP contribution in [0.15, 0.2) is 103 Å². The van der Waals surface area contributed by atoms with Gasteiger partial charge < -0.3 is 5.11 Å². The molecule has 1 radical (unpaired) electrons. The number of benzene rings is 3. The van der Waals surface area contributed by atoms with Crippen LogP contribution in [0.5, 0.6) is 0 Å². The summed E-state index contributed by atoms with van der Waals surface area (Å²) in [5, 5.41) is 13.4. The number of hydrogen-bond donors (Lipinski definition) is 1. The summed E-state index contributed by atoms with van der Waals surface area (Å²) in [5.74, 6) is 0.547. The largest absolute Gasteiger partial charge is 0.512 e. The van der Waals surface area contributed by atoms with E-state index in [-0.39, 0.29) is 43.5 Å². The van der Waals surface area contributed by atoms with Crippen LogP contribution in [0.1, 0.15) is 64.5 Å². The predicted molar refractivity (Wildman–Crippen MR) is 201 cm³/mol. The zero-order valence-electron chi connectivity index (χ0n) is 28.6. The fraction of sp³-hybridized carbons (Fsp3) is 0.279. The van der Waals surface area contributed by atoms with Crippen LogP contribution >= 0.6 is 11.3 Å². The molecule has 0 spiro atoms. The molecule has 3 aromatic heterocycles. The monoisotopic (exact) mass is 844 g/mol. The summed E-state index contributed by atoms with van der Waals surface area (Å²) in [5.41, 5.74) is 8.58. The van der Waals surface area contributed by atoms with Gasteiger partial charge in [-0.15, -0.1) is 34.9 Å². The Labute approximate surface area is 307 Å². The summed E-state index contributed by atoms with van der Waals surface area (Å²) in [6, 6.07) is 29.4. The summed E-state index contributed by atoms with van der Waals surface area (Å²) < 4.78 is 1.28. The Morgan fingerprint density at radius 1 is 0.878 bits per heavy atom. The number of thiophene rings is 1. The zero-order valence-corrected chi connectivity index (χ0v) is 31.8. The van der Waals surface area contributed by atoms with Crippen molar-refractivity contribution in [2.45, 2.75) is 66.2 Å². The molecule has 0 atom stereocenters. The number of aliphatic hydroxyl groups is 1. The number of ketones is 1. The predicted octanol–water partition coefficient (Wildman–Crippen LogP) is 11.6. The maximum absolute atomic E-state index is 11.7. The average molecular weight is 844 g/mol. The van der Waals surface area contributed by atoms with Gasteiger partial charge in [-0.1, -0.05) is 92.7 Å². The number of aliphatic hydroxyl groups excluding tert-OH is 1. The summed E-state index contributed by atoms with van der Waals surface area (Å²) in [7, 11) is 0. The fourth-order valence-corrected chi connectivity index (χ4v) is 8.16. The van der Waals surface area contributed by atoms with Gasteiger partial charge in [-0.2, -0.15) is 0 Å². The number of carbonyl (C=O) groups is 1. The maximum atomic E-state index is 11.7. The van der Waals surface area contributed by atoms with Crippen molar-refractivity contribution in [1.82, 2.24) is 9.97 Å². The number of nitrogens with zero attached hydrogens (tertiary/aromatic N) is 2. The van der Waals surface area contributed by atoms with E-state index >= 15 is 0 Å². The average Bonchev–Trinajstić information content (AvgIpc) is 3.52. The Kier molecular flexibility index (Phi) is 12.3. The normalized spacial score (nSPS) is 12.3. The number of allylic oxidation sites excluding steroid dienone is 2. The molecule has 6 aromatic rings. The molecule has 0 bridgehead atoms. The molecular weight excluding hydrogens is 801 g/mol. The van der Waals surface area contributed by atoms with E-state index < -0.39 is 0 Å². The zero-order chi connectivity index (χ0) is 33.6. The summed E-state index contributed by atoms with van der Waals surface area (Å²) in [6.07, 6.45) is 12.8. The van der Waals surface area contributed by atoms with Gasteiger partial charge in [0.1, 0.15) is 0 Å². The minimum atomic E-state index is 0. The third-order valence-electron chi connectivity index (χ3n) is 9.70. The van der Waals surface area contributed by atoms with Crippen LogP contribution in [0.25, 0.3) is 53.7 Å². The van der Waals surface area contributed by atoms with E-state index in [1.165, 1.54) is 54.2 Å². The number of fused-ring (bicyclic) bond motifs is 6. The molecule has 0 unspecified atom stereocenters. The quantitative estimate of drug-likeness (QED) is 0.0895. The summed E-state index contributed by atoms with van der Waals surface area (Å²) in [4.78, 5) is 22.4. The second-order valence-corrected chi connectivity index (χ2v) is 13.5. The number of hydrogen-bond acceptors (Lipinski definition) is 5. The maximum Gasteiger partial charge on any atom is 0.162 e. The molecule has 49 heavy (non-hydrogen) atoms. The molecule has 1 N–H and O–H groups in total. The van der Waals surface area contributed by atoms with Crippen molar-refractivity contribution in [3.63, 3.8) is 0 Å². The van der Waals surface area contributed by atoms with Crippen molar-refractivity contribution in [3.05, 3.63) is 120 Å². The number of aromatic nitrogens is 2. The number of aryl methyl sites for hydroxylation is 2. The van der Waals surface area contributed by atoms with E-state index in [0.717, 1.165) is 55.2 Å². The second-order valence-electron chi connectivity index (χ2n) is 12.5. The Morgan fingerprint density at radius 3 is 2.33 bits per heavy atom. The molecule has 4 nitrogen and oxygen atoms in total. The van der Waals surface area contributed by atoms with Gasteiger partial charge in [0.05, 0.1) is 5.76 Å². The third kappa shape index (κ3) is 7.62. The molecule has 7 rings (SSSR count). The minimum Gasteiger partial charge on any atom is -0.512 e. The molecule has 1 aliphatic carbocycles. The van der Waals surface area contributed by atoms with E-state index in [1.54, 1.807) is 0 Å². The Morgan fingerprint density at radius 2 is 1.59 bits per heavy atom. The van der Waals surface area contributed by atoms with Gasteiger partial charge in [0, 0.05) is 77.4 Å². The Hall–Kier alpha value is -3.96. The minimum absolute atomic E-state index is 0.